The van der Waals surface area contributed by atoms with Gasteiger partial charge in [0.1, 0.15) is 5.56 Å². The van der Waals surface area contributed by atoms with Crippen LogP contribution in [0.5, 0.6) is 5.88 Å². The molecule has 3 N–H and O–H groups in total. The van der Waals surface area contributed by atoms with Crippen molar-refractivity contribution in [3.05, 3.63) is 61.9 Å². The number of aromatic nitrogens is 3. The van der Waals surface area contributed by atoms with Gasteiger partial charge in [0.25, 0.3) is 5.56 Å². The SMILES string of the molecule is CC[C@@H](C)n1c(O)c([C@@H]2c3[nH]c4ccccc4c3CCN2CC)c(=O)[nH]c1=O. The molecular formula is C21H26N4O3. The van der Waals surface area contributed by atoms with E-state index in [4.69, 9.17) is 0 Å². The van der Waals surface area contributed by atoms with Crippen molar-refractivity contribution in [3.63, 3.8) is 0 Å². The lowest BCUT2D eigenvalue weighted by atomic mass is 9.93. The second-order valence-electron chi connectivity index (χ2n) is 7.47. The van der Waals surface area contributed by atoms with Gasteiger partial charge in [-0.05, 0) is 37.9 Å². The summed E-state index contributed by atoms with van der Waals surface area (Å²) >= 11 is 0. The number of nitrogens with one attached hydrogen (secondary N) is 2. The normalized spacial score (nSPS) is 18.3. The topological polar surface area (TPSA) is 94.1 Å². The number of nitrogens with zero attached hydrogens (tertiary/aromatic N) is 2. The van der Waals surface area contributed by atoms with Crippen molar-refractivity contribution in [1.82, 2.24) is 19.4 Å². The maximum atomic E-state index is 12.8. The Hall–Kier alpha value is -2.80. The van der Waals surface area contributed by atoms with Gasteiger partial charge in [-0.2, -0.15) is 0 Å². The predicted octanol–water partition coefficient (Wildman–Crippen LogP) is 2.66. The molecule has 7 nitrogen and oxygen atoms in total. The number of hydrogen-bond donors (Lipinski definition) is 3. The molecule has 0 saturated carbocycles. The lowest BCUT2D eigenvalue weighted by molar-refractivity contribution is 0.213. The van der Waals surface area contributed by atoms with E-state index in [1.807, 2.05) is 39.0 Å². The van der Waals surface area contributed by atoms with Crippen LogP contribution in [0.2, 0.25) is 0 Å². The number of benzene rings is 1. The Kier molecular flexibility index (Phi) is 4.63. The minimum atomic E-state index is -0.573. The zero-order valence-corrected chi connectivity index (χ0v) is 16.5. The monoisotopic (exact) mass is 382 g/mol. The summed E-state index contributed by atoms with van der Waals surface area (Å²) in [6.45, 7) is 7.33. The standard InChI is InChI=1S/C21H26N4O3/c1-4-12(3)25-20(27)16(19(26)23-21(25)28)18-17-14(10-11-24(18)5-2)13-8-6-7-9-15(13)22-17/h6-9,12,18,22,27H,4-5,10-11H2,1-3H3,(H,23,26,28)/t12-,18-/m1/s1. The van der Waals surface area contributed by atoms with Crippen LogP contribution >= 0.6 is 0 Å². The van der Waals surface area contributed by atoms with E-state index < -0.39 is 17.3 Å². The molecule has 1 aromatic carbocycles. The smallest absolute Gasteiger partial charge is 0.331 e. The predicted molar refractivity (Wildman–Crippen MR) is 109 cm³/mol. The van der Waals surface area contributed by atoms with Gasteiger partial charge < -0.3 is 10.1 Å². The Bertz CT molecular complexity index is 1140. The first-order valence-electron chi connectivity index (χ1n) is 9.89. The highest BCUT2D eigenvalue weighted by atomic mass is 16.3. The molecule has 0 unspecified atom stereocenters. The number of H-pyrrole nitrogens is 2. The second kappa shape index (κ2) is 6.98. The summed E-state index contributed by atoms with van der Waals surface area (Å²) in [4.78, 5) is 33.2. The van der Waals surface area contributed by atoms with E-state index in [0.29, 0.717) is 6.42 Å². The number of aromatic amines is 2. The molecule has 28 heavy (non-hydrogen) atoms. The molecule has 7 heteroatoms. The lowest BCUT2D eigenvalue weighted by Crippen LogP contribution is -2.41. The Labute approximate surface area is 162 Å². The van der Waals surface area contributed by atoms with Crippen LogP contribution in [0.15, 0.2) is 33.9 Å². The molecule has 0 amide bonds. The summed E-state index contributed by atoms with van der Waals surface area (Å²) in [5.74, 6) is -0.238. The van der Waals surface area contributed by atoms with Crippen LogP contribution in [0.1, 0.15) is 56.1 Å². The maximum Gasteiger partial charge on any atom is 0.331 e. The van der Waals surface area contributed by atoms with E-state index in [1.165, 1.54) is 10.1 Å². The summed E-state index contributed by atoms with van der Waals surface area (Å²) in [5.41, 5.74) is 2.24. The fourth-order valence-electron chi connectivity index (χ4n) is 4.35. The molecule has 148 valence electrons. The molecule has 1 aliphatic heterocycles. The number of likely N-dealkylation sites (N-methyl/N-ethyl adjacent to an activating group) is 1. The van der Waals surface area contributed by atoms with Crippen LogP contribution in [0, 0.1) is 0 Å². The largest absolute Gasteiger partial charge is 0.494 e. The zero-order chi connectivity index (χ0) is 20.0. The highest BCUT2D eigenvalue weighted by Gasteiger charge is 2.35. The first-order chi connectivity index (χ1) is 13.5. The lowest BCUT2D eigenvalue weighted by Gasteiger charge is -2.35. The summed E-state index contributed by atoms with van der Waals surface area (Å²) in [5, 5.41) is 12.2. The van der Waals surface area contributed by atoms with Crippen LogP contribution in [-0.2, 0) is 6.42 Å². The van der Waals surface area contributed by atoms with E-state index in [1.54, 1.807) is 0 Å². The van der Waals surface area contributed by atoms with E-state index in [9.17, 15) is 14.7 Å². The molecule has 0 spiro atoms. The first-order valence-corrected chi connectivity index (χ1v) is 9.89. The average Bonchev–Trinajstić information content (AvgIpc) is 3.06. The van der Waals surface area contributed by atoms with E-state index in [-0.39, 0.29) is 17.5 Å². The highest BCUT2D eigenvalue weighted by molar-refractivity contribution is 5.85. The van der Waals surface area contributed by atoms with Gasteiger partial charge in [0.05, 0.1) is 6.04 Å². The van der Waals surface area contributed by atoms with Crippen molar-refractivity contribution in [2.75, 3.05) is 13.1 Å². The van der Waals surface area contributed by atoms with Crippen molar-refractivity contribution in [3.8, 4) is 5.88 Å². The third-order valence-electron chi connectivity index (χ3n) is 6.00. The van der Waals surface area contributed by atoms with Crippen LogP contribution in [0.3, 0.4) is 0 Å². The third kappa shape index (κ3) is 2.69. The summed E-state index contributed by atoms with van der Waals surface area (Å²) in [6, 6.07) is 7.43. The van der Waals surface area contributed by atoms with Gasteiger partial charge in [0.15, 0.2) is 0 Å². The zero-order valence-electron chi connectivity index (χ0n) is 16.5. The van der Waals surface area contributed by atoms with Gasteiger partial charge in [-0.1, -0.05) is 32.0 Å². The fraction of sp³-hybridized carbons (Fsp3) is 0.429. The molecule has 4 rings (SSSR count). The van der Waals surface area contributed by atoms with Gasteiger partial charge in [-0.15, -0.1) is 0 Å². The molecule has 0 fully saturated rings. The van der Waals surface area contributed by atoms with Crippen molar-refractivity contribution in [2.45, 2.75) is 45.7 Å². The Balaban J connectivity index is 2.01. The number of fused-ring (bicyclic) bond motifs is 3. The molecule has 0 saturated heterocycles. The van der Waals surface area contributed by atoms with E-state index in [2.05, 4.69) is 20.9 Å². The fourth-order valence-corrected chi connectivity index (χ4v) is 4.35. The third-order valence-corrected chi connectivity index (χ3v) is 6.00. The van der Waals surface area contributed by atoms with Crippen molar-refractivity contribution >= 4 is 10.9 Å². The molecule has 1 aliphatic rings. The van der Waals surface area contributed by atoms with Gasteiger partial charge >= 0.3 is 5.69 Å². The van der Waals surface area contributed by atoms with Crippen molar-refractivity contribution < 1.29 is 5.11 Å². The number of para-hydroxylation sites is 1. The van der Waals surface area contributed by atoms with Crippen molar-refractivity contribution in [1.29, 1.82) is 0 Å². The number of rotatable bonds is 4. The van der Waals surface area contributed by atoms with Gasteiger partial charge in [0, 0.05) is 29.2 Å². The summed E-state index contributed by atoms with van der Waals surface area (Å²) < 4.78 is 1.29. The highest BCUT2D eigenvalue weighted by Crippen LogP contribution is 2.39. The van der Waals surface area contributed by atoms with E-state index >= 15 is 0 Å². The van der Waals surface area contributed by atoms with Crippen LogP contribution in [0.25, 0.3) is 10.9 Å². The Morgan fingerprint density at radius 3 is 2.68 bits per heavy atom. The Morgan fingerprint density at radius 2 is 1.96 bits per heavy atom. The molecule has 2 atom stereocenters. The van der Waals surface area contributed by atoms with Crippen LogP contribution in [-0.4, -0.2) is 37.6 Å². The maximum absolute atomic E-state index is 12.8. The minimum Gasteiger partial charge on any atom is -0.494 e. The molecular weight excluding hydrogens is 356 g/mol. The second-order valence-corrected chi connectivity index (χ2v) is 7.47. The van der Waals surface area contributed by atoms with Gasteiger partial charge in [-0.25, -0.2) is 4.79 Å². The molecule has 0 radical (unpaired) electrons. The molecule has 0 bridgehead atoms. The van der Waals surface area contributed by atoms with Gasteiger partial charge in [-0.3, -0.25) is 19.2 Å². The van der Waals surface area contributed by atoms with Crippen LogP contribution < -0.4 is 11.2 Å². The minimum absolute atomic E-state index is 0.219. The quantitative estimate of drug-likeness (QED) is 0.647. The summed E-state index contributed by atoms with van der Waals surface area (Å²) in [7, 11) is 0. The first kappa shape index (κ1) is 18.6. The number of hydrogen-bond acceptors (Lipinski definition) is 4. The van der Waals surface area contributed by atoms with Crippen molar-refractivity contribution in [2.24, 2.45) is 0 Å². The summed E-state index contributed by atoms with van der Waals surface area (Å²) in [6.07, 6.45) is 1.53. The molecule has 0 aliphatic carbocycles. The molecule has 3 aromatic rings. The molecule has 3 heterocycles. The van der Waals surface area contributed by atoms with Crippen LogP contribution in [0.4, 0.5) is 0 Å². The van der Waals surface area contributed by atoms with Gasteiger partial charge in [0.2, 0.25) is 5.88 Å². The number of aromatic hydroxyl groups is 1. The molecule has 2 aromatic heterocycles. The average molecular weight is 382 g/mol. The van der Waals surface area contributed by atoms with E-state index in [0.717, 1.165) is 36.1 Å². The Morgan fingerprint density at radius 1 is 1.21 bits per heavy atom.